The molecule has 0 bridgehead atoms. The van der Waals surface area contributed by atoms with Gasteiger partial charge in [-0.15, -0.1) is 23.3 Å². The van der Waals surface area contributed by atoms with Crippen molar-refractivity contribution in [2.75, 3.05) is 0 Å². The number of hydrogen-bond acceptors (Lipinski definition) is 11. The van der Waals surface area contributed by atoms with Gasteiger partial charge >= 0.3 is 0 Å². The lowest BCUT2D eigenvalue weighted by Crippen LogP contribution is -2.83. The van der Waals surface area contributed by atoms with E-state index in [1.807, 2.05) is 0 Å². The molecule has 25 heavy (non-hydrogen) atoms. The second-order valence-corrected chi connectivity index (χ2v) is 5.64. The third-order valence-electron chi connectivity index (χ3n) is 4.19. The van der Waals surface area contributed by atoms with Gasteiger partial charge in [0.2, 0.25) is 0 Å². The molecule has 0 aliphatic carbocycles. The van der Waals surface area contributed by atoms with Crippen LogP contribution in [0.5, 0.6) is 0 Å². The molecule has 9 nitrogen and oxygen atoms in total. The molecule has 1 radical (unpaired) electrons. The molecule has 0 aromatic heterocycles. The summed E-state index contributed by atoms with van der Waals surface area (Å²) in [6.45, 7) is 3.55. The van der Waals surface area contributed by atoms with Crippen LogP contribution in [0.1, 0.15) is 27.7 Å². The molecule has 0 aromatic rings. The van der Waals surface area contributed by atoms with Gasteiger partial charge in [-0.1, -0.05) is 0 Å². The van der Waals surface area contributed by atoms with E-state index in [0.29, 0.717) is 6.61 Å². The maximum Gasteiger partial charge on any atom is 0.199 e. The molecular formula is C14H21O9S2. The Morgan fingerprint density at radius 2 is 1.40 bits per heavy atom. The average Bonchev–Trinajstić information content (AvgIpc) is 2.53. The molecule has 1 saturated heterocycles. The van der Waals surface area contributed by atoms with Gasteiger partial charge in [0.15, 0.2) is 39.9 Å². The highest BCUT2D eigenvalue weighted by atomic mass is 33.1. The predicted octanol–water partition coefficient (Wildman–Crippen LogP) is -1.78. The van der Waals surface area contributed by atoms with E-state index in [-0.39, 0.29) is 0 Å². The Labute approximate surface area is 154 Å². The summed E-state index contributed by atoms with van der Waals surface area (Å²) < 4.78 is 4.85. The molecule has 143 valence electrons. The topological polar surface area (TPSA) is 158 Å². The molecule has 1 aliphatic rings. The summed E-state index contributed by atoms with van der Waals surface area (Å²) in [6, 6.07) is 0. The summed E-state index contributed by atoms with van der Waals surface area (Å²) >= 11 is 6.44. The Hall–Kier alpha value is -0.820. The van der Waals surface area contributed by atoms with Crippen LogP contribution in [0.2, 0.25) is 0 Å². The maximum atomic E-state index is 12.0. The summed E-state index contributed by atoms with van der Waals surface area (Å²) in [6.07, 6.45) is -4.19. The fourth-order valence-corrected chi connectivity index (χ4v) is 2.70. The van der Waals surface area contributed by atoms with Crippen LogP contribution < -0.4 is 0 Å². The van der Waals surface area contributed by atoms with Gasteiger partial charge in [-0.2, -0.15) is 0 Å². The van der Waals surface area contributed by atoms with Crippen LogP contribution >= 0.6 is 23.3 Å². The molecule has 0 aromatic carbocycles. The second-order valence-electron chi connectivity index (χ2n) is 5.64. The van der Waals surface area contributed by atoms with Crippen LogP contribution in [-0.4, -0.2) is 72.6 Å². The molecule has 1 fully saturated rings. The molecule has 0 spiro atoms. The number of ketones is 4. The van der Waals surface area contributed by atoms with Gasteiger partial charge in [0.1, 0.15) is 18.8 Å². The number of Topliss-reactive ketones (excluding diaryl/α,β-unsaturated/α-hetero) is 4. The van der Waals surface area contributed by atoms with Crippen LogP contribution in [-0.2, 0) is 23.9 Å². The molecule has 1 rings (SSSR count). The molecule has 1 heterocycles. The smallest absolute Gasteiger partial charge is 0.199 e. The minimum atomic E-state index is -3.35. The van der Waals surface area contributed by atoms with E-state index in [1.54, 1.807) is 0 Å². The molecule has 11 heteroatoms. The minimum Gasteiger partial charge on any atom is -0.382 e. The maximum absolute atomic E-state index is 12.0. The van der Waals surface area contributed by atoms with Crippen molar-refractivity contribution < 1.29 is 44.3 Å². The highest BCUT2D eigenvalue weighted by Gasteiger charge is 2.76. The molecule has 0 saturated carbocycles. The summed E-state index contributed by atoms with van der Waals surface area (Å²) in [4.78, 5) is 47.1. The lowest BCUT2D eigenvalue weighted by Gasteiger charge is -2.55. The summed E-state index contributed by atoms with van der Waals surface area (Å²) in [5.74, 6) is -4.73. The lowest BCUT2D eigenvalue weighted by molar-refractivity contribution is -0.287. The molecule has 4 N–H and O–H groups in total. The minimum absolute atomic E-state index is 0.338. The predicted molar refractivity (Wildman–Crippen MR) is 90.7 cm³/mol. The first-order valence-corrected chi connectivity index (χ1v) is 8.47. The van der Waals surface area contributed by atoms with Crippen LogP contribution in [0.4, 0.5) is 0 Å². The van der Waals surface area contributed by atoms with Crippen molar-refractivity contribution in [2.45, 2.75) is 56.7 Å². The van der Waals surface area contributed by atoms with Crippen LogP contribution in [0.15, 0.2) is 0 Å². The number of rotatable bonds is 5. The number of aliphatic hydroxyl groups excluding tert-OH is 1. The first-order chi connectivity index (χ1) is 11.3. The third kappa shape index (κ3) is 3.42. The summed E-state index contributed by atoms with van der Waals surface area (Å²) in [7, 11) is 0. The zero-order valence-electron chi connectivity index (χ0n) is 14.0. The Balaban J connectivity index is 0.00000277. The Bertz CT molecular complexity index is 581. The van der Waals surface area contributed by atoms with Gasteiger partial charge in [0, 0.05) is 0 Å². The van der Waals surface area contributed by atoms with E-state index in [2.05, 4.69) is 23.3 Å². The number of carbonyl (C=O) groups is 4. The van der Waals surface area contributed by atoms with Crippen molar-refractivity contribution in [3.8, 4) is 0 Å². The van der Waals surface area contributed by atoms with E-state index < -0.39 is 52.1 Å². The second kappa shape index (κ2) is 8.25. The van der Waals surface area contributed by atoms with E-state index >= 15 is 0 Å². The van der Waals surface area contributed by atoms with Crippen LogP contribution in [0.25, 0.3) is 0 Å². The Kier molecular flexibility index (Phi) is 7.98. The zero-order chi connectivity index (χ0) is 20.4. The van der Waals surface area contributed by atoms with Crippen molar-refractivity contribution in [3.63, 3.8) is 0 Å². The molecule has 0 amide bonds. The van der Waals surface area contributed by atoms with E-state index in [4.69, 9.17) is 4.74 Å². The molecular weight excluding hydrogens is 376 g/mol. The molecule has 1 unspecified atom stereocenters. The fourth-order valence-electron chi connectivity index (χ4n) is 2.70. The van der Waals surface area contributed by atoms with Gasteiger partial charge in [0.25, 0.3) is 0 Å². The number of aliphatic hydroxyl groups is 4. The lowest BCUT2D eigenvalue weighted by atomic mass is 9.61. The highest BCUT2D eigenvalue weighted by Crippen LogP contribution is 2.46. The van der Waals surface area contributed by atoms with Crippen molar-refractivity contribution in [1.29, 1.82) is 0 Å². The zero-order valence-corrected chi connectivity index (χ0v) is 15.7. The van der Waals surface area contributed by atoms with Crippen molar-refractivity contribution in [3.05, 3.63) is 6.61 Å². The standard InChI is InChI=1S/C14H19O9.H2S2/c1-6(15)10(19)11-13(21,8(3)17)14(22,9(4)18)12(20,5-23-11)7(2)16;1-2/h5,10-11,19-22H,1-4H3;1-2H/t10?,11-,12-,13+,14-;/m1./s1. The van der Waals surface area contributed by atoms with Gasteiger partial charge in [-0.25, -0.2) is 0 Å². The Morgan fingerprint density at radius 3 is 1.68 bits per heavy atom. The van der Waals surface area contributed by atoms with Crippen LogP contribution in [0.3, 0.4) is 0 Å². The number of thiol groups is 2. The van der Waals surface area contributed by atoms with Gasteiger partial charge in [-0.05, 0) is 27.7 Å². The van der Waals surface area contributed by atoms with Crippen molar-refractivity contribution >= 4 is 46.5 Å². The summed E-state index contributed by atoms with van der Waals surface area (Å²) in [5.41, 5.74) is -9.64. The summed E-state index contributed by atoms with van der Waals surface area (Å²) in [5, 5.41) is 41.7. The number of carbonyl (C=O) groups excluding carboxylic acids is 4. The molecule has 1 aliphatic heterocycles. The average molecular weight is 397 g/mol. The van der Waals surface area contributed by atoms with Gasteiger partial charge < -0.3 is 25.2 Å². The third-order valence-corrected chi connectivity index (χ3v) is 4.19. The van der Waals surface area contributed by atoms with Crippen molar-refractivity contribution in [1.82, 2.24) is 0 Å². The van der Waals surface area contributed by atoms with Crippen LogP contribution in [0, 0.1) is 6.61 Å². The monoisotopic (exact) mass is 397 g/mol. The van der Waals surface area contributed by atoms with E-state index in [9.17, 15) is 39.6 Å². The normalized spacial score (nSPS) is 35.8. The first kappa shape index (κ1) is 24.2. The fraction of sp³-hybridized carbons (Fsp3) is 0.643. The number of ether oxygens (including phenoxy) is 1. The van der Waals surface area contributed by atoms with Gasteiger partial charge in [-0.3, -0.25) is 19.2 Å². The highest BCUT2D eigenvalue weighted by molar-refractivity contribution is 8.59. The van der Waals surface area contributed by atoms with E-state index in [0.717, 1.165) is 27.7 Å². The first-order valence-electron chi connectivity index (χ1n) is 6.87. The molecule has 5 atom stereocenters. The Morgan fingerprint density at radius 1 is 0.960 bits per heavy atom. The SMILES string of the molecule is CC(=O)C(O)[C@H]1O[CH][C@@](O)(C(C)=O)[C@](O)(C(C)=O)[C@]1(O)C(C)=O.SS. The van der Waals surface area contributed by atoms with Gasteiger partial charge in [0.05, 0.1) is 0 Å². The van der Waals surface area contributed by atoms with Crippen molar-refractivity contribution in [2.24, 2.45) is 0 Å². The van der Waals surface area contributed by atoms with E-state index in [1.165, 1.54) is 0 Å². The largest absolute Gasteiger partial charge is 0.382 e. The number of hydrogen-bond donors (Lipinski definition) is 6. The quantitative estimate of drug-likeness (QED) is 0.233.